The number of aromatic nitrogens is 2. The molecule has 4 rings (SSSR count). The number of hydrogen-bond acceptors (Lipinski definition) is 4. The van der Waals surface area contributed by atoms with Crippen molar-refractivity contribution in [1.82, 2.24) is 14.5 Å². The monoisotopic (exact) mass is 410 g/mol. The maximum Gasteiger partial charge on any atom is 0.261 e. The molecule has 2 aromatic carbocycles. The number of aryl methyl sites for hydroxylation is 1. The van der Waals surface area contributed by atoms with Crippen molar-refractivity contribution in [2.24, 2.45) is 7.05 Å². The highest BCUT2D eigenvalue weighted by Crippen LogP contribution is 2.26. The fourth-order valence-corrected chi connectivity index (χ4v) is 4.02. The smallest absolute Gasteiger partial charge is 0.261 e. The van der Waals surface area contributed by atoms with Crippen LogP contribution >= 0.6 is 11.6 Å². The van der Waals surface area contributed by atoms with E-state index in [1.165, 1.54) is 0 Å². The quantitative estimate of drug-likeness (QED) is 0.663. The number of carbonyl (C=O) groups is 1. The van der Waals surface area contributed by atoms with Gasteiger partial charge < -0.3 is 9.80 Å². The highest BCUT2D eigenvalue weighted by molar-refractivity contribution is 6.33. The zero-order chi connectivity index (χ0) is 20.4. The van der Waals surface area contributed by atoms with Gasteiger partial charge in [0.15, 0.2) is 0 Å². The zero-order valence-electron chi connectivity index (χ0n) is 16.3. The van der Waals surface area contributed by atoms with Crippen molar-refractivity contribution in [3.05, 3.63) is 69.7 Å². The topological polar surface area (TPSA) is 58.4 Å². The van der Waals surface area contributed by atoms with Crippen molar-refractivity contribution >= 4 is 34.1 Å². The van der Waals surface area contributed by atoms with E-state index in [9.17, 15) is 9.59 Å². The predicted molar refractivity (Wildman–Crippen MR) is 116 cm³/mol. The number of rotatable bonds is 4. The first-order chi connectivity index (χ1) is 14.0. The molecule has 1 amide bonds. The van der Waals surface area contributed by atoms with Gasteiger partial charge in [-0.2, -0.15) is 0 Å². The number of carbonyl (C=O) groups excluding carboxylic acids is 1. The first-order valence-electron chi connectivity index (χ1n) is 9.76. The summed E-state index contributed by atoms with van der Waals surface area (Å²) in [5.41, 5.74) is 1.61. The Morgan fingerprint density at radius 1 is 1.03 bits per heavy atom. The Balaban J connectivity index is 1.39. The molecule has 29 heavy (non-hydrogen) atoms. The molecule has 0 N–H and O–H groups in total. The molecule has 6 nitrogen and oxygen atoms in total. The summed E-state index contributed by atoms with van der Waals surface area (Å²) in [4.78, 5) is 33.9. The Bertz CT molecular complexity index is 1100. The second-order valence-corrected chi connectivity index (χ2v) is 7.64. The van der Waals surface area contributed by atoms with Gasteiger partial charge in [-0.3, -0.25) is 14.2 Å². The van der Waals surface area contributed by atoms with Crippen molar-refractivity contribution in [3.63, 3.8) is 0 Å². The van der Waals surface area contributed by atoms with Crippen LogP contribution in [0, 0.1) is 0 Å². The SMILES string of the molecule is Cn1c(CCC(=O)N2CCN(c3ccccc3Cl)CC2)nc2ccccc2c1=O. The first-order valence-corrected chi connectivity index (χ1v) is 10.1. The minimum Gasteiger partial charge on any atom is -0.367 e. The van der Waals surface area contributed by atoms with Crippen LogP contribution < -0.4 is 10.5 Å². The molecule has 0 saturated carbocycles. The third-order valence-electron chi connectivity index (χ3n) is 5.46. The van der Waals surface area contributed by atoms with Crippen molar-refractivity contribution < 1.29 is 4.79 Å². The van der Waals surface area contributed by atoms with Crippen molar-refractivity contribution in [2.45, 2.75) is 12.8 Å². The second kappa shape index (κ2) is 8.25. The van der Waals surface area contributed by atoms with Crippen molar-refractivity contribution in [2.75, 3.05) is 31.1 Å². The third kappa shape index (κ3) is 3.98. The number of piperazine rings is 1. The summed E-state index contributed by atoms with van der Waals surface area (Å²) in [7, 11) is 1.71. The fourth-order valence-electron chi connectivity index (χ4n) is 3.77. The van der Waals surface area contributed by atoms with Crippen LogP contribution in [0.25, 0.3) is 10.9 Å². The Labute approximate surface area is 174 Å². The fraction of sp³-hybridized carbons (Fsp3) is 0.318. The van der Waals surface area contributed by atoms with Crippen LogP contribution in [0.5, 0.6) is 0 Å². The second-order valence-electron chi connectivity index (χ2n) is 7.23. The van der Waals surface area contributed by atoms with Gasteiger partial charge in [-0.25, -0.2) is 4.98 Å². The van der Waals surface area contributed by atoms with E-state index in [0.717, 1.165) is 23.8 Å². The van der Waals surface area contributed by atoms with Crippen molar-refractivity contribution in [3.8, 4) is 0 Å². The minimum atomic E-state index is -0.0774. The number of benzene rings is 2. The van der Waals surface area contributed by atoms with Crippen LogP contribution in [-0.2, 0) is 18.3 Å². The van der Waals surface area contributed by atoms with Gasteiger partial charge in [0, 0.05) is 46.1 Å². The van der Waals surface area contributed by atoms with Gasteiger partial charge in [0.2, 0.25) is 5.91 Å². The Kier molecular flexibility index (Phi) is 5.53. The van der Waals surface area contributed by atoms with Crippen LogP contribution in [0.2, 0.25) is 5.02 Å². The summed E-state index contributed by atoms with van der Waals surface area (Å²) >= 11 is 6.29. The third-order valence-corrected chi connectivity index (χ3v) is 5.78. The first kappa shape index (κ1) is 19.5. The van der Waals surface area contributed by atoms with E-state index in [0.29, 0.717) is 42.7 Å². The van der Waals surface area contributed by atoms with Crippen LogP contribution in [0.3, 0.4) is 0 Å². The maximum absolute atomic E-state index is 12.7. The molecule has 1 saturated heterocycles. The Morgan fingerprint density at radius 2 is 1.72 bits per heavy atom. The van der Waals surface area contributed by atoms with Gasteiger partial charge in [-0.15, -0.1) is 0 Å². The van der Waals surface area contributed by atoms with Gasteiger partial charge in [-0.1, -0.05) is 35.9 Å². The van der Waals surface area contributed by atoms with Crippen molar-refractivity contribution in [1.29, 1.82) is 0 Å². The number of anilines is 1. The lowest BCUT2D eigenvalue weighted by Gasteiger charge is -2.36. The number of para-hydroxylation sites is 2. The van der Waals surface area contributed by atoms with Crippen LogP contribution in [0.4, 0.5) is 5.69 Å². The number of fused-ring (bicyclic) bond motifs is 1. The van der Waals surface area contributed by atoms with Gasteiger partial charge >= 0.3 is 0 Å². The molecule has 0 atom stereocenters. The number of nitrogens with zero attached hydrogens (tertiary/aromatic N) is 4. The molecular weight excluding hydrogens is 388 g/mol. The molecule has 150 valence electrons. The molecule has 2 heterocycles. The number of halogens is 1. The largest absolute Gasteiger partial charge is 0.367 e. The molecule has 0 aliphatic carbocycles. The molecular formula is C22H23ClN4O2. The summed E-state index contributed by atoms with van der Waals surface area (Å²) in [5.74, 6) is 0.725. The van der Waals surface area contributed by atoms with Gasteiger partial charge in [0.1, 0.15) is 5.82 Å². The van der Waals surface area contributed by atoms with Crippen LogP contribution in [0.1, 0.15) is 12.2 Å². The normalized spacial score (nSPS) is 14.4. The molecule has 0 spiro atoms. The standard InChI is InChI=1S/C22H23ClN4O2/c1-25-20(24-18-8-4-2-6-16(18)22(25)29)10-11-21(28)27-14-12-26(13-15-27)19-9-5-3-7-17(19)23/h2-9H,10-15H2,1H3. The van der Waals surface area contributed by atoms with Gasteiger partial charge in [0.05, 0.1) is 21.6 Å². The van der Waals surface area contributed by atoms with Crippen LogP contribution in [-0.4, -0.2) is 46.5 Å². The molecule has 0 radical (unpaired) electrons. The van der Waals surface area contributed by atoms with E-state index >= 15 is 0 Å². The van der Waals surface area contributed by atoms with E-state index in [2.05, 4.69) is 9.88 Å². The molecule has 3 aromatic rings. The average Bonchev–Trinajstić information content (AvgIpc) is 2.75. The molecule has 1 aliphatic rings. The van der Waals surface area contributed by atoms with E-state index < -0.39 is 0 Å². The average molecular weight is 411 g/mol. The molecule has 1 aromatic heterocycles. The summed E-state index contributed by atoms with van der Waals surface area (Å²) in [5, 5.41) is 1.33. The molecule has 0 bridgehead atoms. The highest BCUT2D eigenvalue weighted by atomic mass is 35.5. The zero-order valence-corrected chi connectivity index (χ0v) is 17.1. The van der Waals surface area contributed by atoms with E-state index in [1.54, 1.807) is 17.7 Å². The Morgan fingerprint density at radius 3 is 2.48 bits per heavy atom. The molecule has 1 fully saturated rings. The molecule has 0 unspecified atom stereocenters. The van der Waals surface area contributed by atoms with E-state index in [4.69, 9.17) is 11.6 Å². The lowest BCUT2D eigenvalue weighted by molar-refractivity contribution is -0.131. The lowest BCUT2D eigenvalue weighted by atomic mass is 10.2. The van der Waals surface area contributed by atoms with E-state index in [1.807, 2.05) is 47.4 Å². The lowest BCUT2D eigenvalue weighted by Crippen LogP contribution is -2.49. The summed E-state index contributed by atoms with van der Waals surface area (Å²) in [6.07, 6.45) is 0.783. The molecule has 7 heteroatoms. The predicted octanol–water partition coefficient (Wildman–Crippen LogP) is 2.87. The summed E-state index contributed by atoms with van der Waals surface area (Å²) in [6, 6.07) is 15.1. The Hall–Kier alpha value is -2.86. The van der Waals surface area contributed by atoms with Gasteiger partial charge in [-0.05, 0) is 24.3 Å². The highest BCUT2D eigenvalue weighted by Gasteiger charge is 2.22. The minimum absolute atomic E-state index is 0.0774. The maximum atomic E-state index is 12.7. The summed E-state index contributed by atoms with van der Waals surface area (Å²) < 4.78 is 1.55. The summed E-state index contributed by atoms with van der Waals surface area (Å²) in [6.45, 7) is 2.83. The van der Waals surface area contributed by atoms with Gasteiger partial charge in [0.25, 0.3) is 5.56 Å². The number of hydrogen-bond donors (Lipinski definition) is 0. The van der Waals surface area contributed by atoms with Crippen LogP contribution in [0.15, 0.2) is 53.3 Å². The number of amides is 1. The van der Waals surface area contributed by atoms with E-state index in [-0.39, 0.29) is 11.5 Å². The molecule has 1 aliphatic heterocycles.